The summed E-state index contributed by atoms with van der Waals surface area (Å²) in [6.45, 7) is 0. The third-order valence-corrected chi connectivity index (χ3v) is 3.58. The molecule has 20 heavy (non-hydrogen) atoms. The van der Waals surface area contributed by atoms with Crippen molar-refractivity contribution in [3.8, 4) is 0 Å². The standard InChI is InChI=1S/C17H22N2O/c1-18(2)16-13-9-8-12-15(16)17(20,19(3)4)14-10-6-5-7-11-14/h5-13,20H,1-4H3. The fraction of sp³-hybridized carbons (Fsp3) is 0.294. The second-order valence-corrected chi connectivity index (χ2v) is 5.34. The molecule has 1 unspecified atom stereocenters. The molecule has 0 aliphatic carbocycles. The Hall–Kier alpha value is -1.84. The molecule has 106 valence electrons. The summed E-state index contributed by atoms with van der Waals surface area (Å²) in [4.78, 5) is 3.86. The Labute approximate surface area is 121 Å². The molecule has 3 nitrogen and oxygen atoms in total. The van der Waals surface area contributed by atoms with Crippen molar-refractivity contribution in [3.05, 3.63) is 65.7 Å². The Morgan fingerprint density at radius 3 is 1.90 bits per heavy atom. The lowest BCUT2D eigenvalue weighted by Gasteiger charge is -2.38. The summed E-state index contributed by atoms with van der Waals surface area (Å²) in [5.74, 6) is 0. The summed E-state index contributed by atoms with van der Waals surface area (Å²) >= 11 is 0. The maximum absolute atomic E-state index is 11.4. The van der Waals surface area contributed by atoms with Crippen molar-refractivity contribution >= 4 is 5.69 Å². The SMILES string of the molecule is CN(C)c1ccccc1C(O)(c1ccccc1)N(C)C. The van der Waals surface area contributed by atoms with Crippen LogP contribution >= 0.6 is 0 Å². The molecule has 1 N–H and O–H groups in total. The maximum Gasteiger partial charge on any atom is 0.172 e. The number of para-hydroxylation sites is 1. The quantitative estimate of drug-likeness (QED) is 0.865. The molecule has 0 bridgehead atoms. The number of anilines is 1. The molecular weight excluding hydrogens is 248 g/mol. The molecule has 0 aliphatic rings. The zero-order chi connectivity index (χ0) is 14.8. The largest absolute Gasteiger partial charge is 0.377 e. The molecule has 0 amide bonds. The van der Waals surface area contributed by atoms with E-state index in [1.165, 1.54) is 0 Å². The molecule has 1 atom stereocenters. The van der Waals surface area contributed by atoms with Gasteiger partial charge in [0.15, 0.2) is 5.72 Å². The predicted molar refractivity (Wildman–Crippen MR) is 83.9 cm³/mol. The first-order valence-electron chi connectivity index (χ1n) is 6.70. The average Bonchev–Trinajstić information content (AvgIpc) is 2.47. The van der Waals surface area contributed by atoms with Crippen LogP contribution < -0.4 is 4.90 Å². The lowest BCUT2D eigenvalue weighted by atomic mass is 9.91. The summed E-state index contributed by atoms with van der Waals surface area (Å²) in [5, 5.41) is 11.4. The number of aliphatic hydroxyl groups is 1. The highest BCUT2D eigenvalue weighted by atomic mass is 16.3. The molecule has 0 aromatic heterocycles. The summed E-state index contributed by atoms with van der Waals surface area (Å²) in [6, 6.07) is 17.7. The first-order chi connectivity index (χ1) is 9.48. The van der Waals surface area contributed by atoms with Crippen molar-refractivity contribution < 1.29 is 5.11 Å². The summed E-state index contributed by atoms with van der Waals surface area (Å²) in [7, 11) is 7.75. The van der Waals surface area contributed by atoms with Crippen molar-refractivity contribution in [2.24, 2.45) is 0 Å². The van der Waals surface area contributed by atoms with Crippen LogP contribution in [0.4, 0.5) is 5.69 Å². The number of hydrogen-bond acceptors (Lipinski definition) is 3. The summed E-state index contributed by atoms with van der Waals surface area (Å²) in [5.41, 5.74) is 1.59. The molecule has 0 fully saturated rings. The van der Waals surface area contributed by atoms with Crippen molar-refractivity contribution in [1.82, 2.24) is 4.90 Å². The van der Waals surface area contributed by atoms with Crippen LogP contribution in [-0.2, 0) is 5.72 Å². The van der Waals surface area contributed by atoms with Gasteiger partial charge >= 0.3 is 0 Å². The number of hydrogen-bond donors (Lipinski definition) is 1. The van der Waals surface area contributed by atoms with Gasteiger partial charge in [-0.05, 0) is 20.2 Å². The lowest BCUT2D eigenvalue weighted by Crippen LogP contribution is -2.43. The van der Waals surface area contributed by atoms with E-state index < -0.39 is 5.72 Å². The van der Waals surface area contributed by atoms with E-state index in [2.05, 4.69) is 0 Å². The maximum atomic E-state index is 11.4. The van der Waals surface area contributed by atoms with E-state index in [4.69, 9.17) is 0 Å². The molecule has 2 aromatic carbocycles. The van der Waals surface area contributed by atoms with Gasteiger partial charge in [0.25, 0.3) is 0 Å². The molecule has 2 aromatic rings. The van der Waals surface area contributed by atoms with E-state index in [0.29, 0.717) is 0 Å². The molecule has 0 saturated heterocycles. The Kier molecular flexibility index (Phi) is 4.12. The number of benzene rings is 2. The fourth-order valence-electron chi connectivity index (χ4n) is 2.48. The third-order valence-electron chi connectivity index (χ3n) is 3.58. The van der Waals surface area contributed by atoms with Gasteiger partial charge in [-0.25, -0.2) is 0 Å². The van der Waals surface area contributed by atoms with Gasteiger partial charge in [0, 0.05) is 30.9 Å². The lowest BCUT2D eigenvalue weighted by molar-refractivity contribution is -0.0503. The van der Waals surface area contributed by atoms with Crippen LogP contribution in [0.25, 0.3) is 0 Å². The first kappa shape index (κ1) is 14.6. The minimum Gasteiger partial charge on any atom is -0.377 e. The van der Waals surface area contributed by atoms with Crippen molar-refractivity contribution in [2.75, 3.05) is 33.1 Å². The van der Waals surface area contributed by atoms with Crippen molar-refractivity contribution in [1.29, 1.82) is 0 Å². The van der Waals surface area contributed by atoms with Gasteiger partial charge in [0.2, 0.25) is 0 Å². The average molecular weight is 270 g/mol. The van der Waals surface area contributed by atoms with Crippen molar-refractivity contribution in [2.45, 2.75) is 5.72 Å². The van der Waals surface area contributed by atoms with E-state index in [1.807, 2.05) is 92.6 Å². The molecule has 2 rings (SSSR count). The van der Waals surface area contributed by atoms with E-state index in [0.717, 1.165) is 16.8 Å². The van der Waals surface area contributed by atoms with Crippen LogP contribution in [0.2, 0.25) is 0 Å². The molecule has 3 heteroatoms. The molecule has 0 spiro atoms. The Morgan fingerprint density at radius 2 is 1.35 bits per heavy atom. The monoisotopic (exact) mass is 270 g/mol. The van der Waals surface area contributed by atoms with Gasteiger partial charge in [0.05, 0.1) is 0 Å². The van der Waals surface area contributed by atoms with E-state index >= 15 is 0 Å². The topological polar surface area (TPSA) is 26.7 Å². The van der Waals surface area contributed by atoms with Gasteiger partial charge in [-0.3, -0.25) is 4.90 Å². The van der Waals surface area contributed by atoms with Gasteiger partial charge in [-0.15, -0.1) is 0 Å². The zero-order valence-corrected chi connectivity index (χ0v) is 12.5. The Morgan fingerprint density at radius 1 is 0.800 bits per heavy atom. The normalized spacial score (nSPS) is 14.1. The molecule has 0 radical (unpaired) electrons. The van der Waals surface area contributed by atoms with Gasteiger partial charge < -0.3 is 10.0 Å². The minimum atomic E-state index is -1.15. The van der Waals surface area contributed by atoms with Gasteiger partial charge in [-0.2, -0.15) is 0 Å². The first-order valence-corrected chi connectivity index (χ1v) is 6.70. The highest BCUT2D eigenvalue weighted by Gasteiger charge is 2.36. The van der Waals surface area contributed by atoms with E-state index in [1.54, 1.807) is 0 Å². The van der Waals surface area contributed by atoms with E-state index in [9.17, 15) is 5.11 Å². The van der Waals surface area contributed by atoms with Crippen LogP contribution in [0.5, 0.6) is 0 Å². The van der Waals surface area contributed by atoms with E-state index in [-0.39, 0.29) is 0 Å². The number of rotatable bonds is 4. The van der Waals surface area contributed by atoms with Gasteiger partial charge in [-0.1, -0.05) is 48.5 Å². The molecular formula is C17H22N2O. The van der Waals surface area contributed by atoms with Crippen LogP contribution in [0.15, 0.2) is 54.6 Å². The predicted octanol–water partition coefficient (Wildman–Crippen LogP) is 2.51. The number of nitrogens with zero attached hydrogens (tertiary/aromatic N) is 2. The van der Waals surface area contributed by atoms with Gasteiger partial charge in [0.1, 0.15) is 0 Å². The third kappa shape index (κ3) is 2.42. The van der Waals surface area contributed by atoms with Crippen molar-refractivity contribution in [3.63, 3.8) is 0 Å². The Bertz CT molecular complexity index is 566. The highest BCUT2D eigenvalue weighted by molar-refractivity contribution is 5.57. The fourth-order valence-corrected chi connectivity index (χ4v) is 2.48. The second kappa shape index (κ2) is 5.65. The molecule has 0 aliphatic heterocycles. The second-order valence-electron chi connectivity index (χ2n) is 5.34. The Balaban J connectivity index is 2.67. The minimum absolute atomic E-state index is 0.860. The van der Waals surface area contributed by atoms with Crippen LogP contribution in [0.1, 0.15) is 11.1 Å². The molecule has 0 saturated carbocycles. The zero-order valence-electron chi connectivity index (χ0n) is 12.5. The van der Waals surface area contributed by atoms with Crippen LogP contribution in [0, 0.1) is 0 Å². The van der Waals surface area contributed by atoms with Crippen LogP contribution in [-0.4, -0.2) is 38.2 Å². The molecule has 0 heterocycles. The summed E-state index contributed by atoms with van der Waals surface area (Å²) in [6.07, 6.45) is 0. The summed E-state index contributed by atoms with van der Waals surface area (Å²) < 4.78 is 0. The smallest absolute Gasteiger partial charge is 0.172 e. The highest BCUT2D eigenvalue weighted by Crippen LogP contribution is 2.36. The van der Waals surface area contributed by atoms with Crippen LogP contribution in [0.3, 0.4) is 0 Å².